The van der Waals surface area contributed by atoms with Crippen molar-refractivity contribution < 1.29 is 18.3 Å². The summed E-state index contributed by atoms with van der Waals surface area (Å²) in [5.41, 5.74) is 4.67. The molecule has 0 aliphatic rings. The van der Waals surface area contributed by atoms with Gasteiger partial charge >= 0.3 is 0 Å². The fraction of sp³-hybridized carbons (Fsp3) is 0.407. The molecule has 0 saturated carbocycles. The third-order valence-electron chi connectivity index (χ3n) is 4.51. The van der Waals surface area contributed by atoms with Crippen molar-refractivity contribution in [3.63, 3.8) is 0 Å². The van der Waals surface area contributed by atoms with Crippen molar-refractivity contribution in [2.24, 2.45) is 4.99 Å². The number of nitrogens with one attached hydrogen (secondary N) is 1. The Morgan fingerprint density at radius 3 is 2.33 bits per heavy atom. The minimum Gasteiger partial charge on any atom is -0.504 e. The number of ether oxygens (including phenoxy) is 1. The first-order chi connectivity index (χ1) is 17.0. The molecule has 2 heterocycles. The van der Waals surface area contributed by atoms with E-state index in [4.69, 9.17) is 9.73 Å². The van der Waals surface area contributed by atoms with Crippen molar-refractivity contribution in [1.82, 2.24) is 9.38 Å². The number of anilines is 1. The summed E-state index contributed by atoms with van der Waals surface area (Å²) in [5.74, 6) is 0.383. The molecule has 36 heavy (non-hydrogen) atoms. The first-order valence-electron chi connectivity index (χ1n) is 12.1. The second kappa shape index (κ2) is 14.3. The molecule has 8 nitrogen and oxygen atoms in total. The molecular weight excluding hydrogens is 476 g/mol. The van der Waals surface area contributed by atoms with Crippen LogP contribution in [0.3, 0.4) is 0 Å². The van der Waals surface area contributed by atoms with Crippen LogP contribution < -0.4 is 4.72 Å². The molecular formula is C27H40N4O4S. The Labute approximate surface area is 215 Å². The Kier molecular flexibility index (Phi) is 12.2. The number of methoxy groups -OCH3 is 1. The van der Waals surface area contributed by atoms with E-state index in [0.717, 1.165) is 29.4 Å². The zero-order valence-electron chi connectivity index (χ0n) is 22.9. The number of pyridine rings is 1. The van der Waals surface area contributed by atoms with Crippen molar-refractivity contribution in [2.45, 2.75) is 61.3 Å². The van der Waals surface area contributed by atoms with Crippen LogP contribution >= 0.6 is 0 Å². The van der Waals surface area contributed by atoms with E-state index in [1.807, 2.05) is 53.0 Å². The van der Waals surface area contributed by atoms with Crippen LogP contribution in [0, 0.1) is 13.8 Å². The number of aromatic hydroxyl groups is 1. The van der Waals surface area contributed by atoms with Crippen LogP contribution in [-0.2, 0) is 14.8 Å². The molecule has 3 rings (SSSR count). The van der Waals surface area contributed by atoms with E-state index in [1.54, 1.807) is 28.8 Å². The van der Waals surface area contributed by atoms with Crippen LogP contribution in [-0.4, -0.2) is 42.2 Å². The van der Waals surface area contributed by atoms with Gasteiger partial charge in [-0.3, -0.25) is 4.72 Å². The number of aryl methyl sites for hydroxylation is 2. The maximum Gasteiger partial charge on any atom is 0.241 e. The third-order valence-corrected chi connectivity index (χ3v) is 5.11. The van der Waals surface area contributed by atoms with Gasteiger partial charge in [-0.15, -0.1) is 0 Å². The highest BCUT2D eigenvalue weighted by atomic mass is 32.2. The van der Waals surface area contributed by atoms with E-state index in [9.17, 15) is 13.5 Å². The quantitative estimate of drug-likeness (QED) is 0.295. The number of rotatable bonds is 6. The van der Waals surface area contributed by atoms with Crippen molar-refractivity contribution in [1.29, 1.82) is 0 Å². The zero-order valence-corrected chi connectivity index (χ0v) is 23.7. The van der Waals surface area contributed by atoms with Crippen LogP contribution in [0.25, 0.3) is 11.3 Å². The van der Waals surface area contributed by atoms with Crippen LogP contribution in [0.5, 0.6) is 5.75 Å². The number of nitrogens with zero attached hydrogens (tertiary/aromatic N) is 3. The topological polar surface area (TPSA) is 105 Å². The molecule has 0 aliphatic carbocycles. The van der Waals surface area contributed by atoms with E-state index in [2.05, 4.69) is 23.6 Å². The monoisotopic (exact) mass is 516 g/mol. The van der Waals surface area contributed by atoms with Gasteiger partial charge in [-0.25, -0.2) is 18.4 Å². The standard InChI is InChI=1S/C22H26N4O4S.C3H8.C2H6/c1-6-7-18(17-9-8-16(11-15(17)3)25-31(5,28)29)24-22(30-4)19-13-26-12-14(2)10-20(27)21(26)23-19;1-3-2;1-2/h7-13,25,27H,6H2,1-5H3;3H2,1-2H3;1-2H3/b18-7+,24-22?;;. The molecule has 3 aromatic rings. The van der Waals surface area contributed by atoms with Gasteiger partial charge in [0.05, 0.1) is 19.1 Å². The molecule has 0 amide bonds. The molecule has 0 aliphatic heterocycles. The predicted octanol–water partition coefficient (Wildman–Crippen LogP) is 6.31. The molecule has 1 aromatic carbocycles. The Balaban J connectivity index is 0.00000120. The molecule has 0 unspecified atom stereocenters. The Hall–Kier alpha value is -3.33. The minimum absolute atomic E-state index is 0.0795. The lowest BCUT2D eigenvalue weighted by atomic mass is 10.0. The summed E-state index contributed by atoms with van der Waals surface area (Å²) in [6.45, 7) is 14.0. The van der Waals surface area contributed by atoms with Gasteiger partial charge in [-0.2, -0.15) is 0 Å². The maximum atomic E-state index is 11.5. The molecule has 9 heteroatoms. The van der Waals surface area contributed by atoms with Gasteiger partial charge in [-0.05, 0) is 49.6 Å². The smallest absolute Gasteiger partial charge is 0.241 e. The zero-order chi connectivity index (χ0) is 27.5. The van der Waals surface area contributed by atoms with E-state index in [0.29, 0.717) is 28.6 Å². The average Bonchev–Trinajstić information content (AvgIpc) is 3.22. The van der Waals surface area contributed by atoms with Gasteiger partial charge in [0.25, 0.3) is 0 Å². The van der Waals surface area contributed by atoms with E-state index >= 15 is 0 Å². The minimum atomic E-state index is -3.36. The van der Waals surface area contributed by atoms with Gasteiger partial charge in [0.15, 0.2) is 11.4 Å². The molecule has 0 saturated heterocycles. The number of imidazole rings is 1. The summed E-state index contributed by atoms with van der Waals surface area (Å²) in [6.07, 6.45) is 8.67. The number of fused-ring (bicyclic) bond motifs is 1. The van der Waals surface area contributed by atoms with Gasteiger partial charge < -0.3 is 14.2 Å². The van der Waals surface area contributed by atoms with Crippen molar-refractivity contribution in [3.8, 4) is 5.75 Å². The van der Waals surface area contributed by atoms with Gasteiger partial charge in [0, 0.05) is 23.6 Å². The number of hydrogen-bond acceptors (Lipinski definition) is 6. The van der Waals surface area contributed by atoms with E-state index < -0.39 is 10.0 Å². The van der Waals surface area contributed by atoms with Gasteiger partial charge in [0.2, 0.25) is 15.9 Å². The van der Waals surface area contributed by atoms with Crippen LogP contribution in [0.15, 0.2) is 47.7 Å². The molecule has 0 spiro atoms. The van der Waals surface area contributed by atoms with Gasteiger partial charge in [0.1, 0.15) is 5.69 Å². The Morgan fingerprint density at radius 1 is 1.17 bits per heavy atom. The number of sulfonamides is 1. The average molecular weight is 517 g/mol. The van der Waals surface area contributed by atoms with Gasteiger partial charge in [-0.1, -0.05) is 53.2 Å². The van der Waals surface area contributed by atoms with Crippen molar-refractivity contribution >= 4 is 33.0 Å². The molecule has 0 radical (unpaired) electrons. The van der Waals surface area contributed by atoms with Crippen molar-refractivity contribution in [2.75, 3.05) is 18.1 Å². The summed E-state index contributed by atoms with van der Waals surface area (Å²) in [5, 5.41) is 10.2. The van der Waals surface area contributed by atoms with Crippen LogP contribution in [0.1, 0.15) is 69.8 Å². The normalized spacial score (nSPS) is 11.8. The number of hydrogen-bond donors (Lipinski definition) is 2. The fourth-order valence-corrected chi connectivity index (χ4v) is 3.83. The molecule has 2 N–H and O–H groups in total. The SMILES string of the molecule is CC.CC/C=C(/N=C(OC)c1cn2cc(C)cc(O)c2n1)c1ccc(NS(C)(=O)=O)cc1C.CCC. The Bertz CT molecular complexity index is 1310. The van der Waals surface area contributed by atoms with E-state index in [1.165, 1.54) is 13.5 Å². The first kappa shape index (κ1) is 30.7. The number of benzene rings is 1. The highest BCUT2D eigenvalue weighted by molar-refractivity contribution is 7.92. The third kappa shape index (κ3) is 8.71. The lowest BCUT2D eigenvalue weighted by molar-refractivity contribution is 0.404. The lowest BCUT2D eigenvalue weighted by Gasteiger charge is -2.11. The van der Waals surface area contributed by atoms with Crippen molar-refractivity contribution in [3.05, 3.63) is 65.1 Å². The van der Waals surface area contributed by atoms with Crippen LogP contribution in [0.2, 0.25) is 0 Å². The highest BCUT2D eigenvalue weighted by Crippen LogP contribution is 2.26. The largest absolute Gasteiger partial charge is 0.504 e. The number of allylic oxidation sites excluding steroid dienone is 1. The second-order valence-corrected chi connectivity index (χ2v) is 9.74. The summed E-state index contributed by atoms with van der Waals surface area (Å²) >= 11 is 0. The number of aromatic nitrogens is 2. The molecule has 0 fully saturated rings. The summed E-state index contributed by atoms with van der Waals surface area (Å²) < 4.78 is 32.7. The molecule has 0 atom stereocenters. The first-order valence-corrected chi connectivity index (χ1v) is 14.0. The highest BCUT2D eigenvalue weighted by Gasteiger charge is 2.15. The molecule has 0 bridgehead atoms. The fourth-order valence-electron chi connectivity index (χ4n) is 3.28. The Morgan fingerprint density at radius 2 is 1.81 bits per heavy atom. The maximum absolute atomic E-state index is 11.5. The summed E-state index contributed by atoms with van der Waals surface area (Å²) in [4.78, 5) is 9.16. The summed E-state index contributed by atoms with van der Waals surface area (Å²) in [7, 11) is -1.84. The molecule has 198 valence electrons. The predicted molar refractivity (Wildman–Crippen MR) is 150 cm³/mol. The van der Waals surface area contributed by atoms with Crippen LogP contribution in [0.4, 0.5) is 5.69 Å². The number of aliphatic imine (C=N–C) groups is 1. The summed E-state index contributed by atoms with van der Waals surface area (Å²) in [6, 6.07) is 6.92. The molecule has 2 aromatic heterocycles. The van der Waals surface area contributed by atoms with E-state index in [-0.39, 0.29) is 5.75 Å². The lowest BCUT2D eigenvalue weighted by Crippen LogP contribution is -2.10. The second-order valence-electron chi connectivity index (χ2n) is 7.99.